The summed E-state index contributed by atoms with van der Waals surface area (Å²) in [6.45, 7) is 4.30. The molecule has 41 heavy (non-hydrogen) atoms. The van der Waals surface area contributed by atoms with Crippen molar-refractivity contribution in [3.63, 3.8) is 0 Å². The molecule has 8 nitrogen and oxygen atoms in total. The van der Waals surface area contributed by atoms with Crippen LogP contribution in [0.15, 0.2) is 41.1 Å². The summed E-state index contributed by atoms with van der Waals surface area (Å²) in [5.41, 5.74) is 1.92. The van der Waals surface area contributed by atoms with Crippen LogP contribution >= 0.6 is 0 Å². The number of amides is 1. The molecule has 3 N–H and O–H groups in total. The molecule has 0 bridgehead atoms. The summed E-state index contributed by atoms with van der Waals surface area (Å²) < 4.78 is 4.85. The van der Waals surface area contributed by atoms with E-state index in [-0.39, 0.29) is 29.6 Å². The van der Waals surface area contributed by atoms with Crippen LogP contribution in [0.3, 0.4) is 0 Å². The SMILES string of the molecule is C#C[C@@]1(O)CC[C@@H]2[C@@H]3CCC4=C/C(=N/OCC(=O)N[C@@H](Cc5ccc(O)cc5)C(=O)OC)CC[C@]4(C)[C@@H]3CC[C@@]21C. The number of fused-ring (bicyclic) bond motifs is 5. The number of rotatable bonds is 7. The molecule has 0 saturated heterocycles. The zero-order valence-electron chi connectivity index (χ0n) is 24.3. The van der Waals surface area contributed by atoms with Gasteiger partial charge in [0.05, 0.1) is 12.8 Å². The Bertz CT molecular complexity index is 1280. The van der Waals surface area contributed by atoms with Gasteiger partial charge in [-0.05, 0) is 98.3 Å². The first kappa shape index (κ1) is 29.2. The third kappa shape index (κ3) is 5.25. The summed E-state index contributed by atoms with van der Waals surface area (Å²) in [6, 6.07) is 5.55. The normalized spacial score (nSPS) is 35.6. The van der Waals surface area contributed by atoms with E-state index in [1.807, 2.05) is 0 Å². The van der Waals surface area contributed by atoms with Gasteiger partial charge in [-0.1, -0.05) is 42.6 Å². The molecule has 5 rings (SSSR count). The summed E-state index contributed by atoms with van der Waals surface area (Å²) in [7, 11) is 1.27. The van der Waals surface area contributed by atoms with Crippen LogP contribution in [-0.2, 0) is 25.6 Å². The molecule has 0 unspecified atom stereocenters. The van der Waals surface area contributed by atoms with E-state index in [9.17, 15) is 19.8 Å². The van der Waals surface area contributed by atoms with Crippen LogP contribution in [-0.4, -0.2) is 53.2 Å². The molecule has 1 amide bonds. The third-order valence-electron chi connectivity index (χ3n) is 10.9. The quantitative estimate of drug-likeness (QED) is 0.259. The number of phenolic OH excluding ortho intramolecular Hbond substituents is 1. The van der Waals surface area contributed by atoms with Crippen LogP contribution in [0, 0.1) is 40.9 Å². The van der Waals surface area contributed by atoms with E-state index in [0.717, 1.165) is 56.2 Å². The maximum absolute atomic E-state index is 12.6. The molecule has 1 aromatic carbocycles. The highest BCUT2D eigenvalue weighted by atomic mass is 16.6. The predicted octanol–water partition coefficient (Wildman–Crippen LogP) is 4.29. The van der Waals surface area contributed by atoms with Crippen molar-refractivity contribution in [2.75, 3.05) is 13.7 Å². The van der Waals surface area contributed by atoms with Crippen molar-refractivity contribution in [3.8, 4) is 18.1 Å². The number of allylic oxidation sites excluding steroid dienone is 2. The molecule has 0 aromatic heterocycles. The van der Waals surface area contributed by atoms with Gasteiger partial charge in [-0.15, -0.1) is 6.42 Å². The molecular weight excluding hydrogens is 520 g/mol. The van der Waals surface area contributed by atoms with Crippen LogP contribution < -0.4 is 5.32 Å². The average molecular weight is 563 g/mol. The minimum absolute atomic E-state index is 0.0967. The number of terminal acetylenes is 1. The van der Waals surface area contributed by atoms with Gasteiger partial charge in [0.15, 0.2) is 6.61 Å². The standard InChI is InChI=1S/C33H42N2O6/c1-5-33(39)17-14-27-25-11-8-22-19-23(12-15-31(22,2)26(25)13-16-32(27,33)3)35-41-20-29(37)34-28(30(38)40-4)18-21-6-9-24(36)10-7-21/h1,6-7,9-10,19,25-28,36,39H,8,11-18,20H2,2-4H3,(H,34,37)/b35-23+/t25-,26-,27-,28+,31+,32+,33-/m1/s1. The number of ether oxygens (including phenoxy) is 1. The van der Waals surface area contributed by atoms with Gasteiger partial charge >= 0.3 is 5.97 Å². The Morgan fingerprint density at radius 2 is 1.85 bits per heavy atom. The molecule has 220 valence electrons. The van der Waals surface area contributed by atoms with Crippen molar-refractivity contribution in [3.05, 3.63) is 41.5 Å². The van der Waals surface area contributed by atoms with Gasteiger partial charge in [-0.3, -0.25) is 4.79 Å². The molecule has 4 aliphatic rings. The van der Waals surface area contributed by atoms with E-state index in [2.05, 4.69) is 36.3 Å². The molecule has 0 radical (unpaired) electrons. The van der Waals surface area contributed by atoms with Gasteiger partial charge < -0.3 is 25.1 Å². The largest absolute Gasteiger partial charge is 0.508 e. The molecule has 4 aliphatic carbocycles. The molecule has 3 fully saturated rings. The minimum Gasteiger partial charge on any atom is -0.508 e. The molecule has 1 aromatic rings. The summed E-state index contributed by atoms with van der Waals surface area (Å²) >= 11 is 0. The van der Waals surface area contributed by atoms with Crippen molar-refractivity contribution in [2.45, 2.75) is 83.3 Å². The fourth-order valence-electron chi connectivity index (χ4n) is 8.51. The van der Waals surface area contributed by atoms with E-state index in [0.29, 0.717) is 24.2 Å². The van der Waals surface area contributed by atoms with Crippen molar-refractivity contribution in [2.24, 2.45) is 33.7 Å². The first-order valence-corrected chi connectivity index (χ1v) is 14.8. The van der Waals surface area contributed by atoms with Crippen molar-refractivity contribution in [1.29, 1.82) is 0 Å². The fraction of sp³-hybridized carbons (Fsp3) is 0.606. The number of carbonyl (C=O) groups excluding carboxylic acids is 2. The molecule has 3 saturated carbocycles. The highest BCUT2D eigenvalue weighted by molar-refractivity contribution is 5.96. The summed E-state index contributed by atoms with van der Waals surface area (Å²) in [4.78, 5) is 30.3. The maximum atomic E-state index is 12.6. The Labute approximate surface area is 242 Å². The van der Waals surface area contributed by atoms with E-state index in [1.54, 1.807) is 12.1 Å². The Morgan fingerprint density at radius 1 is 1.12 bits per heavy atom. The lowest BCUT2D eigenvalue weighted by Gasteiger charge is -2.58. The third-order valence-corrected chi connectivity index (χ3v) is 10.9. The summed E-state index contributed by atoms with van der Waals surface area (Å²) in [5.74, 6) is 3.45. The second-order valence-electron chi connectivity index (χ2n) is 12.9. The molecule has 7 atom stereocenters. The number of methoxy groups -OCH3 is 1. The van der Waals surface area contributed by atoms with Gasteiger partial charge in [-0.25, -0.2) is 4.79 Å². The van der Waals surface area contributed by atoms with Crippen LogP contribution in [0.25, 0.3) is 0 Å². The Balaban J connectivity index is 1.20. The highest BCUT2D eigenvalue weighted by Gasteiger charge is 2.63. The predicted molar refractivity (Wildman–Crippen MR) is 155 cm³/mol. The number of phenols is 1. The number of aliphatic hydroxyl groups is 1. The molecule has 0 aliphatic heterocycles. The van der Waals surface area contributed by atoms with Crippen LogP contribution in [0.5, 0.6) is 5.75 Å². The zero-order valence-corrected chi connectivity index (χ0v) is 24.3. The van der Waals surface area contributed by atoms with Crippen molar-refractivity contribution in [1.82, 2.24) is 5.32 Å². The fourth-order valence-corrected chi connectivity index (χ4v) is 8.51. The zero-order chi connectivity index (χ0) is 29.4. The smallest absolute Gasteiger partial charge is 0.328 e. The monoisotopic (exact) mass is 562 g/mol. The molecular formula is C33H42N2O6. The van der Waals surface area contributed by atoms with Gasteiger partial charge in [0.2, 0.25) is 0 Å². The lowest BCUT2D eigenvalue weighted by Crippen LogP contribution is -2.54. The van der Waals surface area contributed by atoms with E-state index < -0.39 is 23.5 Å². The number of aromatic hydroxyl groups is 1. The Hall–Kier alpha value is -3.31. The number of carbonyl (C=O) groups is 2. The second kappa shape index (κ2) is 11.2. The first-order valence-electron chi connectivity index (χ1n) is 14.8. The number of hydrogen-bond donors (Lipinski definition) is 3. The average Bonchev–Trinajstić information content (AvgIpc) is 3.24. The minimum atomic E-state index is -0.988. The van der Waals surface area contributed by atoms with E-state index >= 15 is 0 Å². The molecule has 0 heterocycles. The molecule has 0 spiro atoms. The topological polar surface area (TPSA) is 117 Å². The van der Waals surface area contributed by atoms with Gasteiger partial charge in [0.25, 0.3) is 5.91 Å². The van der Waals surface area contributed by atoms with Crippen molar-refractivity contribution >= 4 is 17.6 Å². The first-order chi connectivity index (χ1) is 19.5. The van der Waals surface area contributed by atoms with Gasteiger partial charge in [0, 0.05) is 11.8 Å². The van der Waals surface area contributed by atoms with E-state index in [1.165, 1.54) is 24.8 Å². The number of oxime groups is 1. The molecule has 8 heteroatoms. The number of hydrogen-bond acceptors (Lipinski definition) is 7. The van der Waals surface area contributed by atoms with E-state index in [4.69, 9.17) is 16.0 Å². The highest BCUT2D eigenvalue weighted by Crippen LogP contribution is 2.67. The second-order valence-corrected chi connectivity index (χ2v) is 12.9. The Morgan fingerprint density at radius 3 is 2.56 bits per heavy atom. The van der Waals surface area contributed by atoms with Crippen LogP contribution in [0.4, 0.5) is 0 Å². The van der Waals surface area contributed by atoms with Gasteiger partial charge in [-0.2, -0.15) is 0 Å². The summed E-state index contributed by atoms with van der Waals surface area (Å²) in [5, 5.41) is 27.7. The number of esters is 1. The van der Waals surface area contributed by atoms with Gasteiger partial charge in [0.1, 0.15) is 17.4 Å². The number of nitrogens with one attached hydrogen (secondary N) is 1. The van der Waals surface area contributed by atoms with Crippen molar-refractivity contribution < 1.29 is 29.4 Å². The number of benzene rings is 1. The maximum Gasteiger partial charge on any atom is 0.328 e. The van der Waals surface area contributed by atoms with Crippen LogP contribution in [0.2, 0.25) is 0 Å². The lowest BCUT2D eigenvalue weighted by molar-refractivity contribution is -0.145. The lowest BCUT2D eigenvalue weighted by atomic mass is 9.46. The number of nitrogens with zero attached hydrogens (tertiary/aromatic N) is 1. The Kier molecular flexibility index (Phi) is 7.95. The summed E-state index contributed by atoms with van der Waals surface area (Å²) in [6.07, 6.45) is 15.8. The van der Waals surface area contributed by atoms with Crippen LogP contribution in [0.1, 0.15) is 70.8 Å².